The van der Waals surface area contributed by atoms with Crippen molar-refractivity contribution in [1.29, 1.82) is 0 Å². The Hall–Kier alpha value is -2.31. The molecule has 0 atom stereocenters. The average molecular weight is 290 g/mol. The number of hydrogen-bond acceptors (Lipinski definition) is 5. The third-order valence-corrected chi connectivity index (χ3v) is 3.33. The summed E-state index contributed by atoms with van der Waals surface area (Å²) in [4.78, 5) is 6.40. The van der Waals surface area contributed by atoms with Crippen LogP contribution >= 0.6 is 0 Å². The lowest BCUT2D eigenvalue weighted by Crippen LogP contribution is -2.25. The van der Waals surface area contributed by atoms with Gasteiger partial charge in [0.15, 0.2) is 5.82 Å². The van der Waals surface area contributed by atoms with Gasteiger partial charge in [0.05, 0.1) is 5.69 Å². The fourth-order valence-electron chi connectivity index (χ4n) is 2.01. The van der Waals surface area contributed by atoms with Crippen molar-refractivity contribution < 1.29 is 5.21 Å². The van der Waals surface area contributed by atoms with Crippen LogP contribution in [-0.4, -0.2) is 39.2 Å². The predicted octanol–water partition coefficient (Wildman–Crippen LogP) is 1.60. The second-order valence-corrected chi connectivity index (χ2v) is 6.12. The molecule has 0 aromatic carbocycles. The number of aromatic nitrogens is 3. The van der Waals surface area contributed by atoms with E-state index in [1.165, 1.54) is 0 Å². The van der Waals surface area contributed by atoms with Gasteiger partial charge in [-0.15, -0.1) is 0 Å². The first-order valence-electron chi connectivity index (χ1n) is 6.85. The lowest BCUT2D eigenvalue weighted by atomic mass is 9.92. The zero-order chi connectivity index (χ0) is 15.6. The molecule has 0 fully saturated rings. The number of anilines is 1. The molecule has 2 aromatic heterocycles. The average Bonchev–Trinajstić information content (AvgIpc) is 2.88. The third kappa shape index (κ3) is 3.24. The summed E-state index contributed by atoms with van der Waals surface area (Å²) in [5, 5.41) is 16.2. The summed E-state index contributed by atoms with van der Waals surface area (Å²) in [6.07, 6.45) is 4.03. The maximum atomic E-state index is 8.60. The van der Waals surface area contributed by atoms with Crippen molar-refractivity contribution in [3.05, 3.63) is 24.2 Å². The predicted molar refractivity (Wildman–Crippen MR) is 83.0 cm³/mol. The number of oxime groups is 1. The SMILES string of the molecule is CN(CC/C(N)=N/O)c1nccn2nc(C(C)(C)C)cc12. The Morgan fingerprint density at radius 3 is 2.81 bits per heavy atom. The van der Waals surface area contributed by atoms with Crippen molar-refractivity contribution >= 4 is 17.2 Å². The number of nitrogens with two attached hydrogens (primary N) is 1. The zero-order valence-corrected chi connectivity index (χ0v) is 12.9. The van der Waals surface area contributed by atoms with E-state index in [4.69, 9.17) is 10.9 Å². The molecule has 7 nitrogen and oxygen atoms in total. The topological polar surface area (TPSA) is 92.0 Å². The summed E-state index contributed by atoms with van der Waals surface area (Å²) in [6.45, 7) is 7.00. The largest absolute Gasteiger partial charge is 0.409 e. The standard InChI is InChI=1S/C14H22N6O/c1-14(2,3)11-9-10-13(16-6-8-20(10)17-11)19(4)7-5-12(15)18-21/h6,8-9,21H,5,7H2,1-4H3,(H2,15,18). The number of nitrogens with zero attached hydrogens (tertiary/aromatic N) is 5. The van der Waals surface area contributed by atoms with E-state index >= 15 is 0 Å². The fraction of sp³-hybridized carbons (Fsp3) is 0.500. The Balaban J connectivity index is 2.33. The fourth-order valence-corrected chi connectivity index (χ4v) is 2.01. The van der Waals surface area contributed by atoms with E-state index in [-0.39, 0.29) is 11.3 Å². The Morgan fingerprint density at radius 2 is 2.19 bits per heavy atom. The molecule has 2 heterocycles. The molecule has 3 N–H and O–H groups in total. The third-order valence-electron chi connectivity index (χ3n) is 3.33. The van der Waals surface area contributed by atoms with Gasteiger partial charge in [0, 0.05) is 37.8 Å². The van der Waals surface area contributed by atoms with Crippen LogP contribution in [0.15, 0.2) is 23.6 Å². The Bertz CT molecular complexity index is 655. The molecule has 7 heteroatoms. The summed E-state index contributed by atoms with van der Waals surface area (Å²) < 4.78 is 1.84. The molecule has 0 amide bonds. The first kappa shape index (κ1) is 15.1. The lowest BCUT2D eigenvalue weighted by molar-refractivity contribution is 0.317. The van der Waals surface area contributed by atoms with Crippen LogP contribution < -0.4 is 10.6 Å². The van der Waals surface area contributed by atoms with Gasteiger partial charge in [-0.05, 0) is 6.07 Å². The Morgan fingerprint density at radius 1 is 1.48 bits per heavy atom. The molecule has 114 valence electrons. The van der Waals surface area contributed by atoms with Gasteiger partial charge in [0.25, 0.3) is 0 Å². The van der Waals surface area contributed by atoms with Crippen molar-refractivity contribution in [1.82, 2.24) is 14.6 Å². The van der Waals surface area contributed by atoms with E-state index in [2.05, 4.69) is 42.1 Å². The van der Waals surface area contributed by atoms with E-state index in [0.717, 1.165) is 17.0 Å². The van der Waals surface area contributed by atoms with Gasteiger partial charge in [-0.3, -0.25) is 0 Å². The number of hydrogen-bond donors (Lipinski definition) is 2. The van der Waals surface area contributed by atoms with Crippen molar-refractivity contribution in [2.24, 2.45) is 10.9 Å². The lowest BCUT2D eigenvalue weighted by Gasteiger charge is -2.18. The van der Waals surface area contributed by atoms with Gasteiger partial charge in [0.2, 0.25) is 0 Å². The maximum Gasteiger partial charge on any atom is 0.154 e. The van der Waals surface area contributed by atoms with Crippen LogP contribution in [0, 0.1) is 0 Å². The van der Waals surface area contributed by atoms with Crippen LogP contribution in [0.3, 0.4) is 0 Å². The van der Waals surface area contributed by atoms with Gasteiger partial charge in [0.1, 0.15) is 11.4 Å². The molecule has 0 bridgehead atoms. The van der Waals surface area contributed by atoms with Crippen LogP contribution in [0.4, 0.5) is 5.82 Å². The molecular formula is C14H22N6O. The Kier molecular flexibility index (Phi) is 4.02. The maximum absolute atomic E-state index is 8.60. The first-order chi connectivity index (χ1) is 9.82. The molecule has 0 radical (unpaired) electrons. The van der Waals surface area contributed by atoms with E-state index in [1.54, 1.807) is 6.20 Å². The van der Waals surface area contributed by atoms with Crippen molar-refractivity contribution in [2.45, 2.75) is 32.6 Å². The van der Waals surface area contributed by atoms with Crippen LogP contribution in [0.5, 0.6) is 0 Å². The van der Waals surface area contributed by atoms with Gasteiger partial charge in [-0.1, -0.05) is 25.9 Å². The summed E-state index contributed by atoms with van der Waals surface area (Å²) in [5.41, 5.74) is 7.45. The highest BCUT2D eigenvalue weighted by molar-refractivity contribution is 5.80. The summed E-state index contributed by atoms with van der Waals surface area (Å²) >= 11 is 0. The van der Waals surface area contributed by atoms with Crippen LogP contribution in [0.2, 0.25) is 0 Å². The number of fused-ring (bicyclic) bond motifs is 1. The van der Waals surface area contributed by atoms with E-state index in [9.17, 15) is 0 Å². The summed E-state index contributed by atoms with van der Waals surface area (Å²) in [6, 6.07) is 2.06. The smallest absolute Gasteiger partial charge is 0.154 e. The summed E-state index contributed by atoms with van der Waals surface area (Å²) in [5.74, 6) is 1.03. The zero-order valence-electron chi connectivity index (χ0n) is 12.9. The molecule has 0 saturated heterocycles. The van der Waals surface area contributed by atoms with Gasteiger partial charge in [-0.25, -0.2) is 9.50 Å². The van der Waals surface area contributed by atoms with Gasteiger partial charge >= 0.3 is 0 Å². The van der Waals surface area contributed by atoms with E-state index < -0.39 is 0 Å². The van der Waals surface area contributed by atoms with Crippen LogP contribution in [-0.2, 0) is 5.41 Å². The highest BCUT2D eigenvalue weighted by atomic mass is 16.4. The van der Waals surface area contributed by atoms with Crippen molar-refractivity contribution in [3.63, 3.8) is 0 Å². The number of rotatable bonds is 4. The highest BCUT2D eigenvalue weighted by Gasteiger charge is 2.20. The van der Waals surface area contributed by atoms with Gasteiger partial charge < -0.3 is 15.8 Å². The monoisotopic (exact) mass is 290 g/mol. The highest BCUT2D eigenvalue weighted by Crippen LogP contribution is 2.25. The molecule has 2 rings (SSSR count). The number of amidine groups is 1. The van der Waals surface area contributed by atoms with Crippen LogP contribution in [0.1, 0.15) is 32.9 Å². The molecule has 0 saturated carbocycles. The molecule has 0 aliphatic carbocycles. The molecule has 0 spiro atoms. The molecule has 0 unspecified atom stereocenters. The first-order valence-corrected chi connectivity index (χ1v) is 6.85. The normalized spacial score (nSPS) is 12.9. The molecule has 0 aliphatic heterocycles. The van der Waals surface area contributed by atoms with Crippen LogP contribution in [0.25, 0.3) is 5.52 Å². The molecule has 0 aliphatic rings. The second kappa shape index (κ2) is 5.59. The van der Waals surface area contributed by atoms with E-state index in [0.29, 0.717) is 13.0 Å². The quantitative estimate of drug-likeness (QED) is 0.386. The minimum atomic E-state index is -0.0180. The van der Waals surface area contributed by atoms with E-state index in [1.807, 2.05) is 22.7 Å². The van der Waals surface area contributed by atoms with Crippen molar-refractivity contribution in [3.8, 4) is 0 Å². The second-order valence-electron chi connectivity index (χ2n) is 6.12. The molecule has 2 aromatic rings. The Labute approximate surface area is 124 Å². The van der Waals surface area contributed by atoms with Crippen molar-refractivity contribution in [2.75, 3.05) is 18.5 Å². The minimum Gasteiger partial charge on any atom is -0.409 e. The minimum absolute atomic E-state index is 0.0180. The molecule has 21 heavy (non-hydrogen) atoms. The van der Waals surface area contributed by atoms with Gasteiger partial charge in [-0.2, -0.15) is 5.10 Å². The summed E-state index contributed by atoms with van der Waals surface area (Å²) in [7, 11) is 1.93. The molecular weight excluding hydrogens is 268 g/mol.